The number of Topliss-reactive ketones (excluding diaryl/α,β-unsaturated/α-hetero) is 1. The third kappa shape index (κ3) is 4.59. The number of nitrogens with one attached hydrogen (secondary N) is 1. The molecule has 4 heterocycles. The topological polar surface area (TPSA) is 107 Å². The van der Waals surface area contributed by atoms with E-state index in [1.54, 1.807) is 18.1 Å². The number of ether oxygens (including phenoxy) is 3. The zero-order valence-electron chi connectivity index (χ0n) is 26.0. The summed E-state index contributed by atoms with van der Waals surface area (Å²) in [5.41, 5.74) is 4.36. The van der Waals surface area contributed by atoms with E-state index in [2.05, 4.69) is 19.2 Å². The van der Waals surface area contributed by atoms with Crippen LogP contribution in [-0.4, -0.2) is 60.3 Å². The molecule has 2 aliphatic carbocycles. The van der Waals surface area contributed by atoms with E-state index in [0.29, 0.717) is 60.1 Å². The summed E-state index contributed by atoms with van der Waals surface area (Å²) < 4.78 is 18.6. The van der Waals surface area contributed by atoms with Crippen molar-refractivity contribution in [2.75, 3.05) is 20.8 Å². The number of nitrogens with zero attached hydrogens (tertiary/aromatic N) is 2. The van der Waals surface area contributed by atoms with Crippen molar-refractivity contribution in [3.8, 4) is 22.9 Å². The molecule has 1 saturated heterocycles. The third-order valence-electron chi connectivity index (χ3n) is 10.1. The minimum absolute atomic E-state index is 0.00693. The highest BCUT2D eigenvalue weighted by Crippen LogP contribution is 2.61. The van der Waals surface area contributed by atoms with Crippen LogP contribution in [0.1, 0.15) is 69.4 Å². The maximum absolute atomic E-state index is 14.0. The van der Waals surface area contributed by atoms with E-state index in [4.69, 9.17) is 19.2 Å². The Morgan fingerprint density at radius 2 is 1.91 bits per heavy atom. The lowest BCUT2D eigenvalue weighted by Crippen LogP contribution is -2.36. The third-order valence-corrected chi connectivity index (χ3v) is 10.1. The van der Waals surface area contributed by atoms with Gasteiger partial charge in [-0.1, -0.05) is 19.9 Å². The predicted molar refractivity (Wildman–Crippen MR) is 163 cm³/mol. The summed E-state index contributed by atoms with van der Waals surface area (Å²) >= 11 is 0. The van der Waals surface area contributed by atoms with Gasteiger partial charge < -0.3 is 24.4 Å². The van der Waals surface area contributed by atoms with E-state index in [1.807, 2.05) is 38.2 Å². The molecule has 2 aromatic rings. The summed E-state index contributed by atoms with van der Waals surface area (Å²) in [6, 6.07) is 9.25. The van der Waals surface area contributed by atoms with Crippen LogP contribution in [0.5, 0.6) is 11.6 Å². The molecule has 230 valence electrons. The number of rotatable bonds is 7. The van der Waals surface area contributed by atoms with Gasteiger partial charge in [0.05, 0.1) is 36.4 Å². The summed E-state index contributed by atoms with van der Waals surface area (Å²) in [5, 5.41) is 2.92. The van der Waals surface area contributed by atoms with E-state index in [1.165, 1.54) is 0 Å². The average molecular weight is 598 g/mol. The first kappa shape index (κ1) is 28.6. The van der Waals surface area contributed by atoms with Gasteiger partial charge in [0.15, 0.2) is 5.78 Å². The van der Waals surface area contributed by atoms with Gasteiger partial charge >= 0.3 is 0 Å². The number of amides is 2. The summed E-state index contributed by atoms with van der Waals surface area (Å²) in [6.45, 7) is 6.54. The van der Waals surface area contributed by atoms with Crippen LogP contribution < -0.4 is 14.8 Å². The first-order valence-electron chi connectivity index (χ1n) is 15.6. The lowest BCUT2D eigenvalue weighted by Gasteiger charge is -2.36. The number of hydrogen-bond donors (Lipinski definition) is 1. The number of pyridine rings is 1. The number of methoxy groups -OCH3 is 1. The molecule has 9 nitrogen and oxygen atoms in total. The molecule has 1 spiro atoms. The highest BCUT2D eigenvalue weighted by Gasteiger charge is 2.56. The minimum Gasteiger partial charge on any atom is -0.496 e. The highest BCUT2D eigenvalue weighted by atomic mass is 16.5. The van der Waals surface area contributed by atoms with Gasteiger partial charge in [0.1, 0.15) is 23.9 Å². The van der Waals surface area contributed by atoms with Crippen LogP contribution in [0.15, 0.2) is 53.0 Å². The summed E-state index contributed by atoms with van der Waals surface area (Å²) in [5.74, 6) is 1.98. The second-order valence-electron chi connectivity index (χ2n) is 13.4. The lowest BCUT2D eigenvalue weighted by atomic mass is 9.71. The Labute approximate surface area is 257 Å². The molecule has 3 atom stereocenters. The van der Waals surface area contributed by atoms with E-state index >= 15 is 0 Å². The van der Waals surface area contributed by atoms with E-state index in [-0.39, 0.29) is 41.0 Å². The van der Waals surface area contributed by atoms with E-state index in [0.717, 1.165) is 41.7 Å². The van der Waals surface area contributed by atoms with Crippen LogP contribution in [-0.2, 0) is 19.1 Å². The number of benzene rings is 1. The zero-order valence-corrected chi connectivity index (χ0v) is 26.0. The molecule has 3 aliphatic heterocycles. The van der Waals surface area contributed by atoms with Crippen LogP contribution in [0, 0.1) is 18.3 Å². The van der Waals surface area contributed by atoms with Gasteiger partial charge in [-0.15, -0.1) is 0 Å². The van der Waals surface area contributed by atoms with Crippen molar-refractivity contribution in [2.24, 2.45) is 11.3 Å². The van der Waals surface area contributed by atoms with Gasteiger partial charge in [0.25, 0.3) is 5.91 Å². The number of hydrogen-bond acceptors (Lipinski definition) is 7. The molecule has 1 aromatic carbocycles. The van der Waals surface area contributed by atoms with Crippen LogP contribution in [0.25, 0.3) is 11.3 Å². The normalized spacial score (nSPS) is 25.4. The van der Waals surface area contributed by atoms with Crippen molar-refractivity contribution in [1.29, 1.82) is 0 Å². The minimum atomic E-state index is -0.601. The van der Waals surface area contributed by atoms with Crippen LogP contribution in [0.3, 0.4) is 0 Å². The molecule has 1 aromatic heterocycles. The molecule has 1 N–H and O–H groups in total. The Balaban J connectivity index is 1.34. The first-order valence-corrected chi connectivity index (χ1v) is 15.6. The van der Waals surface area contributed by atoms with Crippen LogP contribution >= 0.6 is 0 Å². The Bertz CT molecular complexity index is 1650. The van der Waals surface area contributed by atoms with E-state index in [9.17, 15) is 14.4 Å². The van der Waals surface area contributed by atoms with Crippen LogP contribution in [0.2, 0.25) is 0 Å². The number of allylic oxidation sites excluding steroid dienone is 2. The molecule has 0 bridgehead atoms. The largest absolute Gasteiger partial charge is 0.496 e. The fraction of sp³-hybridized carbons (Fsp3) is 0.486. The van der Waals surface area contributed by atoms with Gasteiger partial charge in [0.2, 0.25) is 11.8 Å². The average Bonchev–Trinajstić information content (AvgIpc) is 3.50. The molecule has 1 saturated carbocycles. The maximum atomic E-state index is 14.0. The second kappa shape index (κ2) is 10.5. The molecule has 0 radical (unpaired) electrons. The van der Waals surface area contributed by atoms with Gasteiger partial charge in [-0.2, -0.15) is 0 Å². The molecule has 7 rings (SSSR count). The smallest absolute Gasteiger partial charge is 0.254 e. The maximum Gasteiger partial charge on any atom is 0.254 e. The van der Waals surface area contributed by atoms with Gasteiger partial charge in [0, 0.05) is 49.1 Å². The van der Waals surface area contributed by atoms with Crippen molar-refractivity contribution < 1.29 is 28.6 Å². The summed E-state index contributed by atoms with van der Waals surface area (Å²) in [4.78, 5) is 46.2. The van der Waals surface area contributed by atoms with Crippen molar-refractivity contribution in [2.45, 2.75) is 77.3 Å². The molecule has 9 heteroatoms. The summed E-state index contributed by atoms with van der Waals surface area (Å²) in [6.07, 6.45) is 4.50. The van der Waals surface area contributed by atoms with Crippen molar-refractivity contribution in [3.63, 3.8) is 0 Å². The molecule has 44 heavy (non-hydrogen) atoms. The number of aromatic nitrogens is 1. The number of ketones is 1. The number of likely N-dealkylation sites (N-methyl/N-ethyl adjacent to an activating group) is 1. The molecule has 2 amide bonds. The second-order valence-corrected chi connectivity index (χ2v) is 13.4. The number of carbonyl (C=O) groups is 3. The van der Waals surface area contributed by atoms with Gasteiger partial charge in [-0.3, -0.25) is 14.4 Å². The first-order chi connectivity index (χ1) is 21.1. The Morgan fingerprint density at radius 3 is 2.59 bits per heavy atom. The molecule has 5 aliphatic rings. The monoisotopic (exact) mass is 597 g/mol. The zero-order chi connectivity index (χ0) is 30.9. The highest BCUT2D eigenvalue weighted by molar-refractivity contribution is 6.07. The standard InChI is InChI=1S/C35H39N3O6/c1-18(2)32-33-31(34(41)38(32)4)30(29-23(39)15-35(13-14-35)16-25(29)44-33)28-19(3)21(10-11-24(28)42-5)22-7-6-8-27(37-22)43-17-20-9-12-26(40)36-20/h6-8,10-11,18,20,30,32H,9,12-17H2,1-5H3,(H,36,40)/t20-,30+,32-/m1/s1. The Kier molecular flexibility index (Phi) is 6.83. The van der Waals surface area contributed by atoms with E-state index < -0.39 is 5.92 Å². The number of carbonyl (C=O) groups excluding carboxylic acids is 3. The van der Waals surface area contributed by atoms with Crippen molar-refractivity contribution >= 4 is 17.6 Å². The van der Waals surface area contributed by atoms with Crippen molar-refractivity contribution in [1.82, 2.24) is 15.2 Å². The SMILES string of the molecule is COc1ccc(-c2cccc(OC[C@H]3CCC(=O)N3)n2)c(C)c1[C@H]1C2=C(CC3(CC3)CC2=O)OC2=C1C(=O)N(C)[C@@H]2C(C)C. The molecular weight excluding hydrogens is 558 g/mol. The Hall–Kier alpha value is -4.14. The summed E-state index contributed by atoms with van der Waals surface area (Å²) in [7, 11) is 3.44. The van der Waals surface area contributed by atoms with Gasteiger partial charge in [-0.05, 0) is 61.3 Å². The predicted octanol–water partition coefficient (Wildman–Crippen LogP) is 4.98. The van der Waals surface area contributed by atoms with Gasteiger partial charge in [-0.25, -0.2) is 4.98 Å². The quantitative estimate of drug-likeness (QED) is 0.480. The fourth-order valence-electron chi connectivity index (χ4n) is 7.64. The fourth-order valence-corrected chi connectivity index (χ4v) is 7.64. The molecule has 0 unspecified atom stereocenters. The molecular formula is C35H39N3O6. The lowest BCUT2D eigenvalue weighted by molar-refractivity contribution is -0.126. The molecule has 2 fully saturated rings. The van der Waals surface area contributed by atoms with Crippen LogP contribution in [0.4, 0.5) is 0 Å². The Morgan fingerprint density at radius 1 is 1.11 bits per heavy atom. The van der Waals surface area contributed by atoms with Crippen molar-refractivity contribution in [3.05, 3.63) is 64.1 Å².